The van der Waals surface area contributed by atoms with Crippen molar-refractivity contribution in [2.24, 2.45) is 0 Å². The van der Waals surface area contributed by atoms with Gasteiger partial charge in [0.05, 0.1) is 0 Å². The summed E-state index contributed by atoms with van der Waals surface area (Å²) in [4.78, 5) is 14.5. The molecule has 0 radical (unpaired) electrons. The maximum atomic E-state index is 12.8. The van der Waals surface area contributed by atoms with Gasteiger partial charge in [0.1, 0.15) is 0 Å². The van der Waals surface area contributed by atoms with E-state index in [4.69, 9.17) is 0 Å². The molecular weight excluding hydrogens is 298 g/mol. The van der Waals surface area contributed by atoms with E-state index in [0.717, 1.165) is 49.7 Å². The summed E-state index contributed by atoms with van der Waals surface area (Å²) >= 11 is 0. The molecule has 1 aromatic rings. The molecule has 1 aromatic carbocycles. The van der Waals surface area contributed by atoms with Crippen molar-refractivity contribution in [1.82, 2.24) is 4.90 Å². The number of rotatable bonds is 7. The first-order chi connectivity index (χ1) is 11.7. The van der Waals surface area contributed by atoms with Gasteiger partial charge in [0.15, 0.2) is 5.72 Å². The third-order valence-electron chi connectivity index (χ3n) is 5.14. The van der Waals surface area contributed by atoms with E-state index in [9.17, 15) is 9.90 Å². The van der Waals surface area contributed by atoms with Gasteiger partial charge < -0.3 is 10.0 Å². The zero-order valence-corrected chi connectivity index (χ0v) is 14.5. The van der Waals surface area contributed by atoms with Crippen LogP contribution in [0, 0.1) is 0 Å². The average Bonchev–Trinajstić information content (AvgIpc) is 2.83. The quantitative estimate of drug-likeness (QED) is 0.823. The molecule has 1 unspecified atom stereocenters. The lowest BCUT2D eigenvalue weighted by molar-refractivity contribution is -0.144. The lowest BCUT2D eigenvalue weighted by Crippen LogP contribution is -2.49. The molecule has 1 heterocycles. The minimum Gasteiger partial charge on any atom is -0.367 e. The minimum absolute atomic E-state index is 0.00705. The van der Waals surface area contributed by atoms with E-state index < -0.39 is 5.72 Å². The number of aryl methyl sites for hydroxylation is 1. The van der Waals surface area contributed by atoms with E-state index in [1.165, 1.54) is 5.56 Å². The number of carbonyl (C=O) groups excluding carboxylic acids is 1. The van der Waals surface area contributed by atoms with Gasteiger partial charge in [-0.1, -0.05) is 55.8 Å². The van der Waals surface area contributed by atoms with Crippen LogP contribution in [0.4, 0.5) is 0 Å². The molecule has 0 saturated carbocycles. The SMILES string of the molecule is CCCCC1(O)C2=C(C=CCC2)C(=O)N1CCCc1ccccc1. The maximum Gasteiger partial charge on any atom is 0.256 e. The molecule has 128 valence electrons. The predicted molar refractivity (Wildman–Crippen MR) is 96.4 cm³/mol. The van der Waals surface area contributed by atoms with Gasteiger partial charge in [-0.2, -0.15) is 0 Å². The van der Waals surface area contributed by atoms with Gasteiger partial charge in [0.25, 0.3) is 5.91 Å². The van der Waals surface area contributed by atoms with Crippen molar-refractivity contribution < 1.29 is 9.90 Å². The maximum absolute atomic E-state index is 12.8. The van der Waals surface area contributed by atoms with Crippen molar-refractivity contribution in [2.45, 2.75) is 57.6 Å². The van der Waals surface area contributed by atoms with Crippen molar-refractivity contribution in [3.63, 3.8) is 0 Å². The number of hydrogen-bond donors (Lipinski definition) is 1. The summed E-state index contributed by atoms with van der Waals surface area (Å²) in [6, 6.07) is 10.3. The van der Waals surface area contributed by atoms with Crippen molar-refractivity contribution >= 4 is 5.91 Å². The summed E-state index contributed by atoms with van der Waals surface area (Å²) in [5.41, 5.74) is 1.89. The highest BCUT2D eigenvalue weighted by Gasteiger charge is 2.48. The zero-order valence-electron chi connectivity index (χ0n) is 14.5. The Kier molecular flexibility index (Phi) is 5.20. The van der Waals surface area contributed by atoms with Crippen LogP contribution in [0.3, 0.4) is 0 Å². The summed E-state index contributed by atoms with van der Waals surface area (Å²) in [6.45, 7) is 2.73. The molecule has 0 spiro atoms. The molecule has 3 heteroatoms. The van der Waals surface area contributed by atoms with Gasteiger partial charge in [0.2, 0.25) is 0 Å². The number of carbonyl (C=O) groups is 1. The van der Waals surface area contributed by atoms with Crippen LogP contribution in [0.25, 0.3) is 0 Å². The van der Waals surface area contributed by atoms with Gasteiger partial charge in [-0.15, -0.1) is 0 Å². The summed E-state index contributed by atoms with van der Waals surface area (Å²) in [7, 11) is 0. The van der Waals surface area contributed by atoms with Gasteiger partial charge in [-0.25, -0.2) is 0 Å². The Morgan fingerprint density at radius 1 is 1.21 bits per heavy atom. The summed E-state index contributed by atoms with van der Waals surface area (Å²) in [5, 5.41) is 11.4. The van der Waals surface area contributed by atoms with Crippen LogP contribution < -0.4 is 0 Å². The second-order valence-electron chi connectivity index (χ2n) is 6.80. The van der Waals surface area contributed by atoms with E-state index in [-0.39, 0.29) is 5.91 Å². The monoisotopic (exact) mass is 325 g/mol. The Morgan fingerprint density at radius 2 is 2.00 bits per heavy atom. The van der Waals surface area contributed by atoms with Crippen LogP contribution >= 0.6 is 0 Å². The number of amides is 1. The molecule has 24 heavy (non-hydrogen) atoms. The molecule has 1 atom stereocenters. The van der Waals surface area contributed by atoms with Crippen molar-refractivity contribution in [2.75, 3.05) is 6.54 Å². The topological polar surface area (TPSA) is 40.5 Å². The molecule has 1 aliphatic heterocycles. The lowest BCUT2D eigenvalue weighted by atomic mass is 9.89. The number of aliphatic hydroxyl groups is 1. The minimum atomic E-state index is -1.07. The normalized spacial score (nSPS) is 23.1. The molecule has 1 N–H and O–H groups in total. The van der Waals surface area contributed by atoms with E-state index in [1.54, 1.807) is 4.90 Å². The van der Waals surface area contributed by atoms with Crippen LogP contribution in [0.15, 0.2) is 53.6 Å². The Hall–Kier alpha value is -1.87. The number of nitrogens with zero attached hydrogens (tertiary/aromatic N) is 1. The van der Waals surface area contributed by atoms with Gasteiger partial charge in [0, 0.05) is 12.1 Å². The first kappa shape index (κ1) is 17.0. The van der Waals surface area contributed by atoms with Crippen LogP contribution in [-0.2, 0) is 11.2 Å². The molecule has 1 aliphatic carbocycles. The Balaban J connectivity index is 1.73. The fourth-order valence-corrected chi connectivity index (χ4v) is 3.84. The second-order valence-corrected chi connectivity index (χ2v) is 6.80. The lowest BCUT2D eigenvalue weighted by Gasteiger charge is -2.36. The third kappa shape index (κ3) is 3.18. The fourth-order valence-electron chi connectivity index (χ4n) is 3.84. The van der Waals surface area contributed by atoms with Crippen LogP contribution in [0.1, 0.15) is 51.0 Å². The van der Waals surface area contributed by atoms with Crippen molar-refractivity contribution in [3.05, 3.63) is 59.2 Å². The van der Waals surface area contributed by atoms with Gasteiger partial charge in [-0.3, -0.25) is 4.79 Å². The summed E-state index contributed by atoms with van der Waals surface area (Å²) < 4.78 is 0. The third-order valence-corrected chi connectivity index (χ3v) is 5.14. The number of benzene rings is 1. The summed E-state index contributed by atoms with van der Waals surface area (Å²) in [5.74, 6) is 0.00705. The molecule has 0 bridgehead atoms. The van der Waals surface area contributed by atoms with Crippen LogP contribution in [0.5, 0.6) is 0 Å². The highest BCUT2D eigenvalue weighted by atomic mass is 16.3. The molecular formula is C21H27NO2. The molecule has 2 aliphatic rings. The summed E-state index contributed by atoms with van der Waals surface area (Å²) in [6.07, 6.45) is 10.1. The molecule has 1 amide bonds. The first-order valence-corrected chi connectivity index (χ1v) is 9.15. The predicted octanol–water partition coefficient (Wildman–Crippen LogP) is 3.99. The highest BCUT2D eigenvalue weighted by Crippen LogP contribution is 2.42. The first-order valence-electron chi connectivity index (χ1n) is 9.15. The number of hydrogen-bond acceptors (Lipinski definition) is 2. The average molecular weight is 325 g/mol. The standard InChI is InChI=1S/C21H27NO2/c1-2-3-15-21(24)19-14-8-7-13-18(19)20(23)22(21)16-9-12-17-10-5-4-6-11-17/h4-7,10-11,13,24H,2-3,8-9,12,14-16H2,1H3. The van der Waals surface area contributed by atoms with E-state index >= 15 is 0 Å². The Labute approximate surface area is 144 Å². The van der Waals surface area contributed by atoms with E-state index in [2.05, 4.69) is 19.1 Å². The van der Waals surface area contributed by atoms with Crippen molar-refractivity contribution in [1.29, 1.82) is 0 Å². The smallest absolute Gasteiger partial charge is 0.256 e. The van der Waals surface area contributed by atoms with Crippen LogP contribution in [0.2, 0.25) is 0 Å². The van der Waals surface area contributed by atoms with E-state index in [1.807, 2.05) is 30.4 Å². The molecule has 0 saturated heterocycles. The second kappa shape index (κ2) is 7.35. The molecule has 0 fully saturated rings. The van der Waals surface area contributed by atoms with Gasteiger partial charge >= 0.3 is 0 Å². The zero-order chi connectivity index (χ0) is 17.0. The number of allylic oxidation sites excluding steroid dienone is 1. The largest absolute Gasteiger partial charge is 0.367 e. The Bertz CT molecular complexity index is 647. The Morgan fingerprint density at radius 3 is 2.75 bits per heavy atom. The molecule has 3 nitrogen and oxygen atoms in total. The fraction of sp³-hybridized carbons (Fsp3) is 0.476. The van der Waals surface area contributed by atoms with Crippen LogP contribution in [-0.4, -0.2) is 28.2 Å². The molecule has 3 rings (SSSR count). The van der Waals surface area contributed by atoms with Crippen molar-refractivity contribution in [3.8, 4) is 0 Å². The van der Waals surface area contributed by atoms with E-state index in [0.29, 0.717) is 13.0 Å². The van der Waals surface area contributed by atoms with Gasteiger partial charge in [-0.05, 0) is 49.7 Å². The highest BCUT2D eigenvalue weighted by molar-refractivity contribution is 6.01. The molecule has 0 aromatic heterocycles. The number of unbranched alkanes of at least 4 members (excludes halogenated alkanes) is 1.